The van der Waals surface area contributed by atoms with E-state index in [0.29, 0.717) is 40.9 Å². The second-order valence-electron chi connectivity index (χ2n) is 7.24. The van der Waals surface area contributed by atoms with Crippen LogP contribution in [-0.2, 0) is 32.5 Å². The van der Waals surface area contributed by atoms with Crippen molar-refractivity contribution in [3.8, 4) is 0 Å². The number of primary sulfonamides is 1. The van der Waals surface area contributed by atoms with E-state index in [0.717, 1.165) is 12.8 Å². The summed E-state index contributed by atoms with van der Waals surface area (Å²) in [6.07, 6.45) is 4.25. The predicted molar refractivity (Wildman–Crippen MR) is 114 cm³/mol. The maximum atomic E-state index is 12.5. The third-order valence-electron chi connectivity index (χ3n) is 4.72. The Kier molecular flexibility index (Phi) is 5.79. The largest absolute Gasteiger partial charge is 0.376 e. The minimum absolute atomic E-state index is 0.0557. The molecule has 0 unspecified atom stereocenters. The van der Waals surface area contributed by atoms with Crippen molar-refractivity contribution in [2.75, 3.05) is 11.9 Å². The maximum Gasteiger partial charge on any atom is 0.240 e. The lowest BCUT2D eigenvalue weighted by Gasteiger charge is -2.08. The van der Waals surface area contributed by atoms with Crippen LogP contribution in [0.4, 0.5) is 5.69 Å². The van der Waals surface area contributed by atoms with Gasteiger partial charge < -0.3 is 10.1 Å². The lowest BCUT2D eigenvalue weighted by atomic mass is 10.1. The van der Waals surface area contributed by atoms with E-state index in [2.05, 4.69) is 10.4 Å². The fraction of sp³-hybridized carbons (Fsp3) is 0.300. The van der Waals surface area contributed by atoms with Crippen molar-refractivity contribution in [2.45, 2.75) is 36.8 Å². The molecule has 0 bridgehead atoms. The van der Waals surface area contributed by atoms with Crippen LogP contribution in [0.1, 0.15) is 18.4 Å². The Bertz CT molecular complexity index is 1200. The number of benzene rings is 2. The molecule has 1 saturated carbocycles. The zero-order valence-corrected chi connectivity index (χ0v) is 17.6. The van der Waals surface area contributed by atoms with Crippen LogP contribution < -0.4 is 10.5 Å². The summed E-state index contributed by atoms with van der Waals surface area (Å²) in [5.74, 6) is -0.326. The summed E-state index contributed by atoms with van der Waals surface area (Å²) in [4.78, 5) is 12.3. The van der Waals surface area contributed by atoms with Crippen LogP contribution >= 0.6 is 11.6 Å². The van der Waals surface area contributed by atoms with Crippen LogP contribution in [0.3, 0.4) is 0 Å². The molecule has 0 spiro atoms. The summed E-state index contributed by atoms with van der Waals surface area (Å²) in [5, 5.41) is 13.5. The second-order valence-corrected chi connectivity index (χ2v) is 9.17. The van der Waals surface area contributed by atoms with Crippen LogP contribution in [0.2, 0.25) is 5.02 Å². The number of amides is 1. The molecule has 10 heteroatoms. The third-order valence-corrected chi connectivity index (χ3v) is 6.01. The van der Waals surface area contributed by atoms with Crippen LogP contribution in [0.5, 0.6) is 0 Å². The lowest BCUT2D eigenvalue weighted by molar-refractivity contribution is -0.115. The first kappa shape index (κ1) is 20.8. The van der Waals surface area contributed by atoms with Crippen molar-refractivity contribution in [2.24, 2.45) is 5.14 Å². The quantitative estimate of drug-likeness (QED) is 0.549. The molecule has 1 aliphatic carbocycles. The Morgan fingerprint density at radius 1 is 1.30 bits per heavy atom. The number of aromatic nitrogens is 2. The number of hydrogen-bond donors (Lipinski definition) is 2. The average Bonchev–Trinajstić information content (AvgIpc) is 3.40. The van der Waals surface area contributed by atoms with Crippen molar-refractivity contribution < 1.29 is 17.9 Å². The summed E-state index contributed by atoms with van der Waals surface area (Å²) < 4.78 is 31.5. The molecule has 0 saturated heterocycles. The minimum atomic E-state index is -4.04. The Morgan fingerprint density at radius 2 is 2.07 bits per heavy atom. The first-order valence-electron chi connectivity index (χ1n) is 9.48. The second kappa shape index (κ2) is 8.35. The maximum absolute atomic E-state index is 12.5. The standard InChI is InChI=1S/C20H21ClN4O4S/c21-17-4-2-1-3-13(17)10-19(26)23-15-9-14-12-25(7-8-29-16-5-6-16)24-20(14)18(11-15)30(22,27)28/h1-4,9,11-12,16H,5-8,10H2,(H,23,26)(H2,22,27,28). The van der Waals surface area contributed by atoms with Gasteiger partial charge in [0.15, 0.2) is 0 Å². The highest BCUT2D eigenvalue weighted by Crippen LogP contribution is 2.27. The van der Waals surface area contributed by atoms with E-state index in [4.69, 9.17) is 21.5 Å². The monoisotopic (exact) mass is 448 g/mol. The average molecular weight is 449 g/mol. The van der Waals surface area contributed by atoms with Gasteiger partial charge in [-0.05, 0) is 36.6 Å². The normalized spacial score (nSPS) is 14.2. The SMILES string of the molecule is NS(=O)(=O)c1cc(NC(=O)Cc2ccccc2Cl)cc2cn(CCOC3CC3)nc12. The molecule has 158 valence electrons. The molecule has 2 aromatic carbocycles. The topological polar surface area (TPSA) is 116 Å². The molecule has 8 nitrogen and oxygen atoms in total. The Hall–Kier alpha value is -2.46. The van der Waals surface area contributed by atoms with Gasteiger partial charge >= 0.3 is 0 Å². The molecule has 1 aliphatic rings. The molecular formula is C20H21ClN4O4S. The molecule has 0 atom stereocenters. The van der Waals surface area contributed by atoms with Crippen LogP contribution in [-0.4, -0.2) is 36.8 Å². The van der Waals surface area contributed by atoms with Crippen molar-refractivity contribution in [1.29, 1.82) is 0 Å². The van der Waals surface area contributed by atoms with Gasteiger partial charge in [-0.15, -0.1) is 0 Å². The van der Waals surface area contributed by atoms with E-state index in [9.17, 15) is 13.2 Å². The van der Waals surface area contributed by atoms with Gasteiger partial charge in [-0.3, -0.25) is 9.48 Å². The number of carbonyl (C=O) groups excluding carboxylic acids is 1. The number of sulfonamides is 1. The summed E-state index contributed by atoms with van der Waals surface area (Å²) >= 11 is 6.11. The number of nitrogens with zero attached hydrogens (tertiary/aromatic N) is 2. The molecule has 3 aromatic rings. The van der Waals surface area contributed by atoms with Crippen LogP contribution in [0.15, 0.2) is 47.5 Å². The number of carbonyl (C=O) groups is 1. The summed E-state index contributed by atoms with van der Waals surface area (Å²) in [5.41, 5.74) is 1.25. The lowest BCUT2D eigenvalue weighted by Crippen LogP contribution is -2.17. The zero-order valence-electron chi connectivity index (χ0n) is 16.0. The Labute approximate surface area is 179 Å². The van der Waals surface area contributed by atoms with E-state index in [1.807, 2.05) is 0 Å². The molecule has 30 heavy (non-hydrogen) atoms. The van der Waals surface area contributed by atoms with E-state index in [1.165, 1.54) is 6.07 Å². The molecular weight excluding hydrogens is 428 g/mol. The van der Waals surface area contributed by atoms with E-state index < -0.39 is 10.0 Å². The number of nitrogens with one attached hydrogen (secondary N) is 1. The fourth-order valence-corrected chi connectivity index (χ4v) is 4.05. The number of rotatable bonds is 8. The smallest absolute Gasteiger partial charge is 0.240 e. The Morgan fingerprint density at radius 3 is 2.77 bits per heavy atom. The zero-order chi connectivity index (χ0) is 21.3. The van der Waals surface area contributed by atoms with E-state index in [-0.39, 0.29) is 22.7 Å². The summed E-state index contributed by atoms with van der Waals surface area (Å²) in [7, 11) is -4.04. The molecule has 1 heterocycles. The Balaban J connectivity index is 1.57. The number of halogens is 1. The highest BCUT2D eigenvalue weighted by molar-refractivity contribution is 7.89. The van der Waals surface area contributed by atoms with Crippen molar-refractivity contribution >= 4 is 44.1 Å². The van der Waals surface area contributed by atoms with Gasteiger partial charge in [0.2, 0.25) is 15.9 Å². The molecule has 0 aliphatic heterocycles. The fourth-order valence-electron chi connectivity index (χ4n) is 3.12. The van der Waals surface area contributed by atoms with E-state index in [1.54, 1.807) is 41.2 Å². The highest BCUT2D eigenvalue weighted by atomic mass is 35.5. The van der Waals surface area contributed by atoms with Crippen molar-refractivity contribution in [1.82, 2.24) is 9.78 Å². The van der Waals surface area contributed by atoms with Gasteiger partial charge in [0.1, 0.15) is 10.4 Å². The molecule has 1 aromatic heterocycles. The molecule has 0 radical (unpaired) electrons. The van der Waals surface area contributed by atoms with Crippen LogP contribution in [0, 0.1) is 0 Å². The summed E-state index contributed by atoms with van der Waals surface area (Å²) in [6, 6.07) is 10.0. The molecule has 4 rings (SSSR count). The number of ether oxygens (including phenoxy) is 1. The first-order chi connectivity index (χ1) is 14.3. The minimum Gasteiger partial charge on any atom is -0.376 e. The van der Waals surface area contributed by atoms with Gasteiger partial charge in [0.05, 0.1) is 25.7 Å². The molecule has 1 fully saturated rings. The number of nitrogens with two attached hydrogens (primary N) is 1. The van der Waals surface area contributed by atoms with Gasteiger partial charge in [0.25, 0.3) is 0 Å². The highest BCUT2D eigenvalue weighted by Gasteiger charge is 2.22. The number of hydrogen-bond acceptors (Lipinski definition) is 5. The first-order valence-corrected chi connectivity index (χ1v) is 11.4. The number of anilines is 1. The predicted octanol–water partition coefficient (Wildman–Crippen LogP) is 2.70. The molecule has 3 N–H and O–H groups in total. The summed E-state index contributed by atoms with van der Waals surface area (Å²) in [6.45, 7) is 0.980. The van der Waals surface area contributed by atoms with E-state index >= 15 is 0 Å². The van der Waals surface area contributed by atoms with Gasteiger partial charge in [-0.25, -0.2) is 13.6 Å². The third kappa shape index (κ3) is 4.99. The van der Waals surface area contributed by atoms with Gasteiger partial charge in [0, 0.05) is 22.3 Å². The number of fused-ring (bicyclic) bond motifs is 1. The van der Waals surface area contributed by atoms with Crippen LogP contribution in [0.25, 0.3) is 10.9 Å². The van der Waals surface area contributed by atoms with Crippen molar-refractivity contribution in [3.05, 3.63) is 53.2 Å². The van der Waals surface area contributed by atoms with Gasteiger partial charge in [-0.2, -0.15) is 5.10 Å². The van der Waals surface area contributed by atoms with Crippen molar-refractivity contribution in [3.63, 3.8) is 0 Å². The van der Waals surface area contributed by atoms with Gasteiger partial charge in [-0.1, -0.05) is 29.8 Å². The molecule has 1 amide bonds.